The van der Waals surface area contributed by atoms with Crippen molar-refractivity contribution >= 4 is 39.5 Å². The lowest BCUT2D eigenvalue weighted by molar-refractivity contribution is 0.404. The topological polar surface area (TPSA) is 9.23 Å². The van der Waals surface area contributed by atoms with E-state index in [1.807, 2.05) is 6.08 Å². The minimum absolute atomic E-state index is 0.864. The van der Waals surface area contributed by atoms with Crippen LogP contribution in [0, 0.1) is 0 Å². The van der Waals surface area contributed by atoms with Crippen molar-refractivity contribution in [3.8, 4) is 0 Å². The van der Waals surface area contributed by atoms with E-state index in [1.165, 1.54) is 6.42 Å². The van der Waals surface area contributed by atoms with Crippen LogP contribution in [0.25, 0.3) is 0 Å². The van der Waals surface area contributed by atoms with Crippen LogP contribution in [0.5, 0.6) is 0 Å². The fourth-order valence-corrected chi connectivity index (χ4v) is 2.42. The first kappa shape index (κ1) is 9.71. The minimum atomic E-state index is -2.90. The standard InChI is InChI=1S/C6H9Cl3OSi/c7-11(8,9)10-6-4-2-1-3-5-6/h4H,1-3,5H2. The minimum Gasteiger partial charge on any atom is -0.512 e. The molecule has 0 amide bonds. The Balaban J connectivity index is 2.42. The molecule has 0 atom stereocenters. The molecule has 0 unspecified atom stereocenters. The second kappa shape index (κ2) is 4.03. The van der Waals surface area contributed by atoms with E-state index in [4.69, 9.17) is 37.7 Å². The fraction of sp³-hybridized carbons (Fsp3) is 0.667. The lowest BCUT2D eigenvalue weighted by Crippen LogP contribution is -2.16. The summed E-state index contributed by atoms with van der Waals surface area (Å²) in [7, 11) is 0. The van der Waals surface area contributed by atoms with Crippen LogP contribution in [-0.4, -0.2) is 6.25 Å². The van der Waals surface area contributed by atoms with Crippen molar-refractivity contribution in [2.24, 2.45) is 0 Å². The number of halogens is 3. The fourth-order valence-electron chi connectivity index (χ4n) is 1.05. The number of hydrogen-bond acceptors (Lipinski definition) is 1. The van der Waals surface area contributed by atoms with Crippen molar-refractivity contribution in [2.45, 2.75) is 25.7 Å². The molecule has 0 N–H and O–H groups in total. The van der Waals surface area contributed by atoms with Crippen LogP contribution in [0.3, 0.4) is 0 Å². The monoisotopic (exact) mass is 230 g/mol. The van der Waals surface area contributed by atoms with E-state index in [9.17, 15) is 0 Å². The van der Waals surface area contributed by atoms with Crippen LogP contribution < -0.4 is 0 Å². The molecular weight excluding hydrogens is 223 g/mol. The number of allylic oxidation sites excluding steroid dienone is 2. The first-order valence-electron chi connectivity index (χ1n) is 3.53. The lowest BCUT2D eigenvalue weighted by Gasteiger charge is -2.17. The molecule has 5 heteroatoms. The van der Waals surface area contributed by atoms with Crippen molar-refractivity contribution in [3.05, 3.63) is 11.8 Å². The van der Waals surface area contributed by atoms with Crippen LogP contribution in [0.4, 0.5) is 0 Å². The van der Waals surface area contributed by atoms with Crippen molar-refractivity contribution in [3.63, 3.8) is 0 Å². The molecule has 0 radical (unpaired) electrons. The maximum Gasteiger partial charge on any atom is 0.555 e. The van der Waals surface area contributed by atoms with E-state index in [-0.39, 0.29) is 0 Å². The third-order valence-corrected chi connectivity index (χ3v) is 2.68. The molecule has 0 spiro atoms. The van der Waals surface area contributed by atoms with Gasteiger partial charge in [0.1, 0.15) is 0 Å². The van der Waals surface area contributed by atoms with Gasteiger partial charge in [-0.1, -0.05) is 33.2 Å². The normalized spacial score (nSPS) is 19.4. The van der Waals surface area contributed by atoms with E-state index in [1.54, 1.807) is 0 Å². The molecule has 64 valence electrons. The Morgan fingerprint density at radius 1 is 1.27 bits per heavy atom. The van der Waals surface area contributed by atoms with Gasteiger partial charge in [-0.3, -0.25) is 0 Å². The van der Waals surface area contributed by atoms with Crippen molar-refractivity contribution < 1.29 is 4.43 Å². The molecule has 0 bridgehead atoms. The van der Waals surface area contributed by atoms with Gasteiger partial charge in [-0.15, -0.1) is 0 Å². The van der Waals surface area contributed by atoms with Gasteiger partial charge in [0.2, 0.25) is 0 Å². The highest BCUT2D eigenvalue weighted by atomic mass is 35.8. The molecule has 1 aliphatic rings. The molecule has 1 aliphatic carbocycles. The largest absolute Gasteiger partial charge is 0.555 e. The third kappa shape index (κ3) is 4.26. The predicted octanol–water partition coefficient (Wildman–Crippen LogP) is 3.61. The Bertz CT molecular complexity index is 164. The second-order valence-electron chi connectivity index (χ2n) is 2.46. The van der Waals surface area contributed by atoms with Gasteiger partial charge in [-0.2, -0.15) is 0 Å². The Hall–Kier alpha value is 0.627. The molecule has 0 saturated carbocycles. The summed E-state index contributed by atoms with van der Waals surface area (Å²) in [4.78, 5) is 0. The zero-order chi connectivity index (χ0) is 8.32. The highest BCUT2D eigenvalue weighted by molar-refractivity contribution is 7.62. The maximum absolute atomic E-state index is 5.57. The average Bonchev–Trinajstić information content (AvgIpc) is 1.85. The summed E-state index contributed by atoms with van der Waals surface area (Å²) in [6, 6.07) is 0. The zero-order valence-electron chi connectivity index (χ0n) is 5.95. The van der Waals surface area contributed by atoms with Gasteiger partial charge in [0.05, 0.1) is 5.76 Å². The van der Waals surface area contributed by atoms with E-state index < -0.39 is 6.25 Å². The van der Waals surface area contributed by atoms with Crippen LogP contribution in [0.2, 0.25) is 0 Å². The summed E-state index contributed by atoms with van der Waals surface area (Å²) in [6.07, 6.45) is 3.44. The molecule has 0 aromatic carbocycles. The van der Waals surface area contributed by atoms with Gasteiger partial charge in [0.25, 0.3) is 0 Å². The Labute approximate surface area is 81.5 Å². The molecule has 1 nitrogen and oxygen atoms in total. The van der Waals surface area contributed by atoms with E-state index in [0.717, 1.165) is 25.0 Å². The highest BCUT2D eigenvalue weighted by Crippen LogP contribution is 2.28. The molecule has 0 aromatic rings. The second-order valence-corrected chi connectivity index (χ2v) is 10.1. The third-order valence-electron chi connectivity index (χ3n) is 1.50. The lowest BCUT2D eigenvalue weighted by atomic mass is 10.1. The number of hydrogen-bond donors (Lipinski definition) is 0. The zero-order valence-corrected chi connectivity index (χ0v) is 9.22. The molecule has 1 rings (SSSR count). The average molecular weight is 232 g/mol. The Morgan fingerprint density at radius 3 is 2.45 bits per heavy atom. The first-order valence-corrected chi connectivity index (χ1v) is 8.47. The van der Waals surface area contributed by atoms with Crippen LogP contribution >= 0.6 is 33.2 Å². The van der Waals surface area contributed by atoms with Gasteiger partial charge in [-0.05, 0) is 25.3 Å². The SMILES string of the molecule is Cl[Si](Cl)(Cl)OC1=CCCCC1. The van der Waals surface area contributed by atoms with Gasteiger partial charge in [0, 0.05) is 6.42 Å². The summed E-state index contributed by atoms with van der Waals surface area (Å²) in [5.74, 6) is 0.864. The molecule has 0 heterocycles. The quantitative estimate of drug-likeness (QED) is 0.521. The van der Waals surface area contributed by atoms with Gasteiger partial charge in [0.15, 0.2) is 0 Å². The van der Waals surface area contributed by atoms with Gasteiger partial charge < -0.3 is 4.43 Å². The summed E-state index contributed by atoms with van der Waals surface area (Å²) < 4.78 is 5.17. The molecule has 0 aromatic heterocycles. The summed E-state index contributed by atoms with van der Waals surface area (Å²) in [6.45, 7) is 0. The van der Waals surface area contributed by atoms with Crippen molar-refractivity contribution in [1.29, 1.82) is 0 Å². The molecule has 0 fully saturated rings. The van der Waals surface area contributed by atoms with E-state index in [2.05, 4.69) is 0 Å². The van der Waals surface area contributed by atoms with Crippen LogP contribution in [-0.2, 0) is 4.43 Å². The van der Waals surface area contributed by atoms with E-state index in [0.29, 0.717) is 0 Å². The summed E-state index contributed by atoms with van der Waals surface area (Å²) >= 11 is 16.7. The van der Waals surface area contributed by atoms with Crippen molar-refractivity contribution in [1.82, 2.24) is 0 Å². The van der Waals surface area contributed by atoms with E-state index >= 15 is 0 Å². The molecule has 11 heavy (non-hydrogen) atoms. The van der Waals surface area contributed by atoms with Gasteiger partial charge in [-0.25, -0.2) is 0 Å². The highest BCUT2D eigenvalue weighted by Gasteiger charge is 2.31. The molecular formula is C6H9Cl3OSi. The van der Waals surface area contributed by atoms with Gasteiger partial charge >= 0.3 is 6.25 Å². The molecule has 0 saturated heterocycles. The maximum atomic E-state index is 5.57. The Kier molecular flexibility index (Phi) is 3.56. The Morgan fingerprint density at radius 2 is 2.00 bits per heavy atom. The summed E-state index contributed by atoms with van der Waals surface area (Å²) in [5.41, 5.74) is 0. The van der Waals surface area contributed by atoms with Crippen LogP contribution in [0.15, 0.2) is 11.8 Å². The molecule has 0 aliphatic heterocycles. The summed E-state index contributed by atoms with van der Waals surface area (Å²) in [5, 5.41) is 0. The first-order chi connectivity index (χ1) is 5.08. The van der Waals surface area contributed by atoms with Crippen LogP contribution in [0.1, 0.15) is 25.7 Å². The van der Waals surface area contributed by atoms with Crippen molar-refractivity contribution in [2.75, 3.05) is 0 Å². The number of rotatable bonds is 2. The predicted molar refractivity (Wildman–Crippen MR) is 50.9 cm³/mol. The smallest absolute Gasteiger partial charge is 0.512 e.